The van der Waals surface area contributed by atoms with Crippen LogP contribution in [0.25, 0.3) is 6.08 Å². The molecule has 0 aliphatic rings. The molecule has 0 aromatic carbocycles. The predicted molar refractivity (Wildman–Crippen MR) is 114 cm³/mol. The molecule has 2 aromatic heterocycles. The van der Waals surface area contributed by atoms with Gasteiger partial charge in [-0.3, -0.25) is 4.79 Å². The van der Waals surface area contributed by atoms with Crippen LogP contribution < -0.4 is 0 Å². The molecule has 0 radical (unpaired) electrons. The van der Waals surface area contributed by atoms with Crippen molar-refractivity contribution < 1.29 is 19.1 Å². The quantitative estimate of drug-likeness (QED) is 0.287. The average molecular weight is 412 g/mol. The molecule has 0 aliphatic carbocycles. The third-order valence-corrected chi connectivity index (χ3v) is 5.42. The standard InChI is InChI=1S/C23H29N3O4/c1-14-9-21(18(5)25(14)6)22(27)13-30-23(28)20(11-24)10-19-8-15(2)26(17(19)4)16(3)12-29-7/h8-10,16H,12-13H2,1-7H3/b20-10+/t16-/m0/s1. The number of hydrogen-bond acceptors (Lipinski definition) is 5. The van der Waals surface area contributed by atoms with Gasteiger partial charge in [0.15, 0.2) is 6.61 Å². The summed E-state index contributed by atoms with van der Waals surface area (Å²) < 4.78 is 14.4. The van der Waals surface area contributed by atoms with E-state index < -0.39 is 12.6 Å². The molecule has 7 nitrogen and oxygen atoms in total. The van der Waals surface area contributed by atoms with Gasteiger partial charge in [0.25, 0.3) is 0 Å². The first kappa shape index (κ1) is 23.2. The second-order valence-corrected chi connectivity index (χ2v) is 7.51. The Labute approximate surface area is 177 Å². The average Bonchev–Trinajstić information content (AvgIpc) is 3.13. The fraction of sp³-hybridized carbons (Fsp3) is 0.435. The highest BCUT2D eigenvalue weighted by Gasteiger charge is 2.19. The Morgan fingerprint density at radius 1 is 1.17 bits per heavy atom. The normalized spacial score (nSPS) is 12.5. The molecule has 1 atom stereocenters. The molecule has 0 bridgehead atoms. The summed E-state index contributed by atoms with van der Waals surface area (Å²) in [6.07, 6.45) is 1.50. The van der Waals surface area contributed by atoms with Crippen molar-refractivity contribution in [1.29, 1.82) is 5.26 Å². The van der Waals surface area contributed by atoms with E-state index in [0.717, 1.165) is 28.3 Å². The Balaban J connectivity index is 2.18. The minimum Gasteiger partial charge on any atom is -0.453 e. The van der Waals surface area contributed by atoms with Crippen LogP contribution in [-0.4, -0.2) is 41.2 Å². The van der Waals surface area contributed by atoms with Gasteiger partial charge in [0.05, 0.1) is 12.6 Å². The van der Waals surface area contributed by atoms with Crippen LogP contribution in [0.4, 0.5) is 0 Å². The van der Waals surface area contributed by atoms with Gasteiger partial charge >= 0.3 is 5.97 Å². The van der Waals surface area contributed by atoms with Gasteiger partial charge in [-0.25, -0.2) is 4.79 Å². The summed E-state index contributed by atoms with van der Waals surface area (Å²) in [6.45, 7) is 9.80. The number of methoxy groups -OCH3 is 1. The summed E-state index contributed by atoms with van der Waals surface area (Å²) >= 11 is 0. The number of rotatable bonds is 8. The second-order valence-electron chi connectivity index (χ2n) is 7.51. The maximum atomic E-state index is 12.4. The molecular formula is C23H29N3O4. The van der Waals surface area contributed by atoms with Crippen LogP contribution in [-0.2, 0) is 21.3 Å². The minimum atomic E-state index is -0.814. The van der Waals surface area contributed by atoms with Crippen LogP contribution in [0.1, 0.15) is 51.7 Å². The first-order chi connectivity index (χ1) is 14.1. The van der Waals surface area contributed by atoms with E-state index in [4.69, 9.17) is 9.47 Å². The number of nitrogens with zero attached hydrogens (tertiary/aromatic N) is 3. The number of esters is 1. The third-order valence-electron chi connectivity index (χ3n) is 5.42. The molecule has 0 unspecified atom stereocenters. The van der Waals surface area contributed by atoms with Crippen LogP contribution in [0.3, 0.4) is 0 Å². The number of carbonyl (C=O) groups is 2. The van der Waals surface area contributed by atoms with Gasteiger partial charge in [-0.05, 0) is 58.4 Å². The maximum Gasteiger partial charge on any atom is 0.349 e. The number of ether oxygens (including phenoxy) is 2. The molecule has 0 saturated carbocycles. The summed E-state index contributed by atoms with van der Waals surface area (Å²) in [5.41, 5.74) is 4.79. The molecule has 160 valence electrons. The number of aromatic nitrogens is 2. The lowest BCUT2D eigenvalue weighted by Gasteiger charge is -2.17. The predicted octanol–water partition coefficient (Wildman–Crippen LogP) is 3.60. The van der Waals surface area contributed by atoms with Crippen molar-refractivity contribution in [2.24, 2.45) is 7.05 Å². The Morgan fingerprint density at radius 3 is 2.37 bits per heavy atom. The molecule has 0 N–H and O–H groups in total. The van der Waals surface area contributed by atoms with Gasteiger partial charge < -0.3 is 18.6 Å². The van der Waals surface area contributed by atoms with Crippen LogP contribution in [0.15, 0.2) is 17.7 Å². The number of ketones is 1. The van der Waals surface area contributed by atoms with Crippen LogP contribution in [0, 0.1) is 39.0 Å². The van der Waals surface area contributed by atoms with E-state index in [1.165, 1.54) is 6.08 Å². The highest BCUT2D eigenvalue weighted by atomic mass is 16.5. The molecule has 30 heavy (non-hydrogen) atoms. The van der Waals surface area contributed by atoms with E-state index in [0.29, 0.717) is 12.2 Å². The number of Topliss-reactive ketones (excluding diaryl/α,β-unsaturated/α-hetero) is 1. The van der Waals surface area contributed by atoms with Crippen LogP contribution in [0.5, 0.6) is 0 Å². The van der Waals surface area contributed by atoms with Gasteiger partial charge in [0.2, 0.25) is 5.78 Å². The van der Waals surface area contributed by atoms with Crippen LogP contribution in [0.2, 0.25) is 0 Å². The van der Waals surface area contributed by atoms with Crippen molar-refractivity contribution >= 4 is 17.8 Å². The molecule has 0 amide bonds. The molecular weight excluding hydrogens is 382 g/mol. The number of hydrogen-bond donors (Lipinski definition) is 0. The van der Waals surface area contributed by atoms with E-state index in [1.54, 1.807) is 13.2 Å². The van der Waals surface area contributed by atoms with Crippen molar-refractivity contribution in [3.8, 4) is 6.07 Å². The van der Waals surface area contributed by atoms with Gasteiger partial charge in [-0.2, -0.15) is 5.26 Å². The zero-order valence-electron chi connectivity index (χ0n) is 18.7. The summed E-state index contributed by atoms with van der Waals surface area (Å²) in [7, 11) is 3.52. The SMILES string of the molecule is COC[C@H](C)n1c(C)cc(/C=C(\C#N)C(=O)OCC(=O)c2cc(C)n(C)c2C)c1C. The van der Waals surface area contributed by atoms with E-state index in [9.17, 15) is 14.9 Å². The number of aryl methyl sites for hydroxylation is 2. The Bertz CT molecular complexity index is 1030. The van der Waals surface area contributed by atoms with E-state index in [2.05, 4.69) is 4.57 Å². The Morgan fingerprint density at radius 2 is 1.83 bits per heavy atom. The molecule has 0 spiro atoms. The largest absolute Gasteiger partial charge is 0.453 e. The van der Waals surface area contributed by atoms with Crippen molar-refractivity contribution in [3.63, 3.8) is 0 Å². The molecule has 7 heteroatoms. The van der Waals surface area contributed by atoms with Crippen LogP contribution >= 0.6 is 0 Å². The van der Waals surface area contributed by atoms with E-state index in [-0.39, 0.29) is 17.4 Å². The van der Waals surface area contributed by atoms with Gasteiger partial charge in [-0.15, -0.1) is 0 Å². The van der Waals surface area contributed by atoms with Gasteiger partial charge in [0, 0.05) is 42.5 Å². The highest BCUT2D eigenvalue weighted by Crippen LogP contribution is 2.23. The number of nitriles is 1. The first-order valence-electron chi connectivity index (χ1n) is 9.74. The maximum absolute atomic E-state index is 12.4. The molecule has 2 rings (SSSR count). The lowest BCUT2D eigenvalue weighted by Crippen LogP contribution is -2.16. The van der Waals surface area contributed by atoms with E-state index in [1.807, 2.05) is 58.4 Å². The zero-order chi connectivity index (χ0) is 22.6. The smallest absolute Gasteiger partial charge is 0.349 e. The molecule has 0 fully saturated rings. The summed E-state index contributed by atoms with van der Waals surface area (Å²) in [5, 5.41) is 9.45. The molecule has 0 aliphatic heterocycles. The lowest BCUT2D eigenvalue weighted by atomic mass is 10.1. The Hall–Kier alpha value is -3.11. The first-order valence-corrected chi connectivity index (χ1v) is 9.74. The summed E-state index contributed by atoms with van der Waals surface area (Å²) in [5.74, 6) is -1.11. The highest BCUT2D eigenvalue weighted by molar-refractivity contribution is 6.02. The van der Waals surface area contributed by atoms with Gasteiger partial charge in [0.1, 0.15) is 11.6 Å². The summed E-state index contributed by atoms with van der Waals surface area (Å²) in [6, 6.07) is 5.68. The lowest BCUT2D eigenvalue weighted by molar-refractivity contribution is -0.137. The van der Waals surface area contributed by atoms with Crippen molar-refractivity contribution in [2.45, 2.75) is 40.7 Å². The number of carbonyl (C=O) groups excluding carboxylic acids is 2. The van der Waals surface area contributed by atoms with E-state index >= 15 is 0 Å². The molecule has 2 heterocycles. The monoisotopic (exact) mass is 411 g/mol. The van der Waals surface area contributed by atoms with Gasteiger partial charge in [-0.1, -0.05) is 0 Å². The fourth-order valence-corrected chi connectivity index (χ4v) is 3.66. The minimum absolute atomic E-state index is 0.116. The van der Waals surface area contributed by atoms with Crippen molar-refractivity contribution in [1.82, 2.24) is 9.13 Å². The molecule has 0 saturated heterocycles. The Kier molecular flexibility index (Phi) is 7.41. The topological polar surface area (TPSA) is 86.2 Å². The van der Waals surface area contributed by atoms with Crippen molar-refractivity contribution in [3.05, 3.63) is 51.6 Å². The zero-order valence-corrected chi connectivity index (χ0v) is 18.7. The third kappa shape index (κ3) is 4.71. The molecule has 2 aromatic rings. The summed E-state index contributed by atoms with van der Waals surface area (Å²) in [4.78, 5) is 24.8. The van der Waals surface area contributed by atoms with Crippen molar-refractivity contribution in [2.75, 3.05) is 20.3 Å². The second kappa shape index (κ2) is 9.59. The fourth-order valence-electron chi connectivity index (χ4n) is 3.66.